The summed E-state index contributed by atoms with van der Waals surface area (Å²) in [4.78, 5) is 8.50. The normalized spacial score (nSPS) is 10.2. The number of para-hydroxylation sites is 2. The Morgan fingerprint density at radius 2 is 1.95 bits per heavy atom. The standard InChI is InChI=1S/C14H17N3O2/c1-3-15-8-11-9-16-10-14(17-11)19-13-7-5-4-6-12(13)18-2/h4-7,9-10,15H,3,8H2,1-2H3. The van der Waals surface area contributed by atoms with Gasteiger partial charge in [0.25, 0.3) is 0 Å². The number of ether oxygens (including phenoxy) is 2. The molecule has 0 amide bonds. The van der Waals surface area contributed by atoms with Gasteiger partial charge in [-0.05, 0) is 18.7 Å². The zero-order valence-electron chi connectivity index (χ0n) is 11.1. The van der Waals surface area contributed by atoms with Crippen LogP contribution in [-0.2, 0) is 6.54 Å². The summed E-state index contributed by atoms with van der Waals surface area (Å²) < 4.78 is 10.9. The van der Waals surface area contributed by atoms with Crippen molar-refractivity contribution in [2.24, 2.45) is 0 Å². The summed E-state index contributed by atoms with van der Waals surface area (Å²) >= 11 is 0. The van der Waals surface area contributed by atoms with Crippen molar-refractivity contribution in [1.29, 1.82) is 0 Å². The fourth-order valence-electron chi connectivity index (χ4n) is 1.59. The summed E-state index contributed by atoms with van der Waals surface area (Å²) in [5.41, 5.74) is 0.842. The predicted molar refractivity (Wildman–Crippen MR) is 72.5 cm³/mol. The molecule has 1 N–H and O–H groups in total. The Labute approximate surface area is 112 Å². The number of hydrogen-bond donors (Lipinski definition) is 1. The Hall–Kier alpha value is -2.14. The SMILES string of the molecule is CCNCc1cncc(Oc2ccccc2OC)n1. The topological polar surface area (TPSA) is 56.3 Å². The molecular weight excluding hydrogens is 242 g/mol. The lowest BCUT2D eigenvalue weighted by Crippen LogP contribution is -2.13. The molecule has 2 aromatic rings. The van der Waals surface area contributed by atoms with Crippen molar-refractivity contribution in [2.75, 3.05) is 13.7 Å². The van der Waals surface area contributed by atoms with Crippen LogP contribution in [0.3, 0.4) is 0 Å². The lowest BCUT2D eigenvalue weighted by Gasteiger charge is -2.09. The van der Waals surface area contributed by atoms with Crippen LogP contribution < -0.4 is 14.8 Å². The van der Waals surface area contributed by atoms with Crippen molar-refractivity contribution in [3.8, 4) is 17.4 Å². The Morgan fingerprint density at radius 3 is 2.68 bits per heavy atom. The molecule has 0 radical (unpaired) electrons. The van der Waals surface area contributed by atoms with E-state index in [0.29, 0.717) is 23.9 Å². The Morgan fingerprint density at radius 1 is 1.16 bits per heavy atom. The van der Waals surface area contributed by atoms with Crippen molar-refractivity contribution in [2.45, 2.75) is 13.5 Å². The molecule has 0 aliphatic heterocycles. The van der Waals surface area contributed by atoms with Crippen LogP contribution in [0.15, 0.2) is 36.7 Å². The highest BCUT2D eigenvalue weighted by Crippen LogP contribution is 2.29. The molecule has 2 rings (SSSR count). The molecule has 5 heteroatoms. The van der Waals surface area contributed by atoms with Gasteiger partial charge in [-0.1, -0.05) is 19.1 Å². The number of rotatable bonds is 6. The minimum Gasteiger partial charge on any atom is -0.493 e. The first kappa shape index (κ1) is 13.3. The number of methoxy groups -OCH3 is 1. The average Bonchev–Trinajstić information content (AvgIpc) is 2.46. The Balaban J connectivity index is 2.14. The van der Waals surface area contributed by atoms with Crippen molar-refractivity contribution in [1.82, 2.24) is 15.3 Å². The van der Waals surface area contributed by atoms with E-state index in [9.17, 15) is 0 Å². The van der Waals surface area contributed by atoms with E-state index in [2.05, 4.69) is 15.3 Å². The molecule has 0 bridgehead atoms. The van der Waals surface area contributed by atoms with E-state index in [1.54, 1.807) is 19.5 Å². The van der Waals surface area contributed by atoms with Gasteiger partial charge in [-0.25, -0.2) is 4.98 Å². The fourth-order valence-corrected chi connectivity index (χ4v) is 1.59. The maximum absolute atomic E-state index is 5.69. The third-order valence-corrected chi connectivity index (χ3v) is 2.50. The first-order valence-electron chi connectivity index (χ1n) is 6.16. The molecule has 1 aromatic carbocycles. The largest absolute Gasteiger partial charge is 0.493 e. The first-order valence-corrected chi connectivity index (χ1v) is 6.16. The fraction of sp³-hybridized carbons (Fsp3) is 0.286. The van der Waals surface area contributed by atoms with Gasteiger partial charge >= 0.3 is 0 Å². The van der Waals surface area contributed by atoms with Crippen LogP contribution in [0.1, 0.15) is 12.6 Å². The maximum atomic E-state index is 5.69. The summed E-state index contributed by atoms with van der Waals surface area (Å²) in [5, 5.41) is 3.20. The molecule has 0 unspecified atom stereocenters. The highest BCUT2D eigenvalue weighted by molar-refractivity contribution is 5.41. The molecule has 0 saturated carbocycles. The quantitative estimate of drug-likeness (QED) is 0.863. The number of benzene rings is 1. The number of nitrogens with one attached hydrogen (secondary N) is 1. The molecule has 100 valence electrons. The van der Waals surface area contributed by atoms with Crippen molar-refractivity contribution in [3.63, 3.8) is 0 Å². The van der Waals surface area contributed by atoms with Gasteiger partial charge in [-0.3, -0.25) is 4.98 Å². The molecule has 0 aliphatic carbocycles. The van der Waals surface area contributed by atoms with Gasteiger partial charge in [0.15, 0.2) is 11.5 Å². The molecule has 0 saturated heterocycles. The number of hydrogen-bond acceptors (Lipinski definition) is 5. The zero-order valence-corrected chi connectivity index (χ0v) is 11.1. The molecule has 1 heterocycles. The number of nitrogens with zero attached hydrogens (tertiary/aromatic N) is 2. The molecule has 1 aromatic heterocycles. The van der Waals surface area contributed by atoms with E-state index in [1.165, 1.54) is 0 Å². The molecule has 0 atom stereocenters. The van der Waals surface area contributed by atoms with E-state index < -0.39 is 0 Å². The molecule has 0 spiro atoms. The van der Waals surface area contributed by atoms with Crippen molar-refractivity contribution < 1.29 is 9.47 Å². The van der Waals surface area contributed by atoms with Crippen LogP contribution in [0.2, 0.25) is 0 Å². The lowest BCUT2D eigenvalue weighted by molar-refractivity contribution is 0.373. The van der Waals surface area contributed by atoms with E-state index in [4.69, 9.17) is 9.47 Å². The number of aromatic nitrogens is 2. The lowest BCUT2D eigenvalue weighted by atomic mass is 10.3. The van der Waals surface area contributed by atoms with Crippen LogP contribution >= 0.6 is 0 Å². The summed E-state index contributed by atoms with van der Waals surface area (Å²) in [6, 6.07) is 7.44. The van der Waals surface area contributed by atoms with Gasteiger partial charge in [-0.2, -0.15) is 0 Å². The van der Waals surface area contributed by atoms with Crippen LogP contribution in [-0.4, -0.2) is 23.6 Å². The van der Waals surface area contributed by atoms with Crippen LogP contribution in [0.5, 0.6) is 17.4 Å². The van der Waals surface area contributed by atoms with Crippen LogP contribution in [0.4, 0.5) is 0 Å². The van der Waals surface area contributed by atoms with E-state index in [0.717, 1.165) is 12.2 Å². The Bertz CT molecular complexity index is 532. The smallest absolute Gasteiger partial charge is 0.238 e. The monoisotopic (exact) mass is 259 g/mol. The molecule has 0 fully saturated rings. The second-order valence-corrected chi connectivity index (χ2v) is 3.88. The van der Waals surface area contributed by atoms with Crippen LogP contribution in [0, 0.1) is 0 Å². The van der Waals surface area contributed by atoms with Gasteiger partial charge in [0.2, 0.25) is 5.88 Å². The second-order valence-electron chi connectivity index (χ2n) is 3.88. The van der Waals surface area contributed by atoms with E-state index >= 15 is 0 Å². The molecule has 5 nitrogen and oxygen atoms in total. The van der Waals surface area contributed by atoms with Crippen molar-refractivity contribution in [3.05, 3.63) is 42.4 Å². The average molecular weight is 259 g/mol. The maximum Gasteiger partial charge on any atom is 0.238 e. The summed E-state index contributed by atoms with van der Waals surface area (Å²) in [6.07, 6.45) is 3.31. The highest BCUT2D eigenvalue weighted by Gasteiger charge is 2.06. The van der Waals surface area contributed by atoms with Gasteiger partial charge in [0, 0.05) is 12.7 Å². The van der Waals surface area contributed by atoms with E-state index in [1.807, 2.05) is 31.2 Å². The summed E-state index contributed by atoms with van der Waals surface area (Å²) in [7, 11) is 1.61. The third kappa shape index (κ3) is 3.66. The second kappa shape index (κ2) is 6.70. The minimum atomic E-state index is 0.458. The van der Waals surface area contributed by atoms with Gasteiger partial charge in [-0.15, -0.1) is 0 Å². The first-order chi connectivity index (χ1) is 9.33. The van der Waals surface area contributed by atoms with Gasteiger partial charge < -0.3 is 14.8 Å². The molecule has 0 aliphatic rings. The van der Waals surface area contributed by atoms with E-state index in [-0.39, 0.29) is 0 Å². The summed E-state index contributed by atoms with van der Waals surface area (Å²) in [6.45, 7) is 3.61. The zero-order chi connectivity index (χ0) is 13.5. The van der Waals surface area contributed by atoms with Gasteiger partial charge in [0.05, 0.1) is 19.0 Å². The minimum absolute atomic E-state index is 0.458. The molecule has 19 heavy (non-hydrogen) atoms. The highest BCUT2D eigenvalue weighted by atomic mass is 16.5. The predicted octanol–water partition coefficient (Wildman–Crippen LogP) is 2.39. The van der Waals surface area contributed by atoms with Crippen molar-refractivity contribution >= 4 is 0 Å². The molecular formula is C14H17N3O2. The Kier molecular flexibility index (Phi) is 4.69. The van der Waals surface area contributed by atoms with Crippen LogP contribution in [0.25, 0.3) is 0 Å². The van der Waals surface area contributed by atoms with Gasteiger partial charge in [0.1, 0.15) is 0 Å². The summed E-state index contributed by atoms with van der Waals surface area (Å²) in [5.74, 6) is 1.75. The third-order valence-electron chi connectivity index (χ3n) is 2.50.